The van der Waals surface area contributed by atoms with Crippen molar-refractivity contribution in [3.8, 4) is 0 Å². The van der Waals surface area contributed by atoms with Gasteiger partial charge in [-0.3, -0.25) is 9.59 Å². The Hall–Kier alpha value is -3.08. The summed E-state index contributed by atoms with van der Waals surface area (Å²) in [5.74, 6) is -0.194. The minimum atomic E-state index is -0.175. The predicted molar refractivity (Wildman–Crippen MR) is 96.3 cm³/mol. The van der Waals surface area contributed by atoms with Crippen LogP contribution in [0.5, 0.6) is 0 Å². The van der Waals surface area contributed by atoms with Gasteiger partial charge < -0.3 is 15.1 Å². The number of fused-ring (bicyclic) bond motifs is 1. The summed E-state index contributed by atoms with van der Waals surface area (Å²) in [4.78, 5) is 24.1. The number of hydrogen-bond acceptors (Lipinski definition) is 3. The third-order valence-electron chi connectivity index (χ3n) is 3.96. The van der Waals surface area contributed by atoms with Crippen molar-refractivity contribution in [3.63, 3.8) is 0 Å². The molecule has 2 aromatic carbocycles. The van der Waals surface area contributed by atoms with Crippen LogP contribution in [0.2, 0.25) is 0 Å². The fourth-order valence-electron chi connectivity index (χ4n) is 2.66. The Bertz CT molecular complexity index is 856. The average molecular weight is 336 g/mol. The van der Waals surface area contributed by atoms with E-state index in [1.165, 1.54) is 0 Å². The Kier molecular flexibility index (Phi) is 5.46. The van der Waals surface area contributed by atoms with Crippen molar-refractivity contribution in [2.24, 2.45) is 0 Å². The van der Waals surface area contributed by atoms with E-state index < -0.39 is 0 Å². The summed E-state index contributed by atoms with van der Waals surface area (Å²) in [5, 5.41) is 6.42. The van der Waals surface area contributed by atoms with Crippen LogP contribution in [-0.4, -0.2) is 24.9 Å². The van der Waals surface area contributed by atoms with Crippen molar-refractivity contribution in [2.75, 3.05) is 13.1 Å². The molecule has 128 valence electrons. The summed E-state index contributed by atoms with van der Waals surface area (Å²) in [5.41, 5.74) is 2.39. The van der Waals surface area contributed by atoms with Crippen molar-refractivity contribution in [1.82, 2.24) is 10.6 Å². The second kappa shape index (κ2) is 8.15. The first kappa shape index (κ1) is 16.8. The summed E-state index contributed by atoms with van der Waals surface area (Å²) in [6.45, 7) is 0.783. The van der Waals surface area contributed by atoms with Crippen LogP contribution in [0, 0.1) is 0 Å². The molecule has 1 aromatic heterocycles. The van der Waals surface area contributed by atoms with Gasteiger partial charge in [-0.25, -0.2) is 0 Å². The maximum Gasteiger partial charge on any atom is 0.252 e. The number of aryl methyl sites for hydroxylation is 1. The number of benzene rings is 2. The molecule has 0 saturated heterocycles. The number of carbonyl (C=O) groups excluding carboxylic acids is 2. The van der Waals surface area contributed by atoms with Gasteiger partial charge >= 0.3 is 0 Å². The number of hydrogen-bond donors (Lipinski definition) is 2. The molecular weight excluding hydrogens is 316 g/mol. The molecule has 0 radical (unpaired) electrons. The van der Waals surface area contributed by atoms with E-state index in [1.807, 2.05) is 36.4 Å². The molecule has 25 heavy (non-hydrogen) atoms. The maximum atomic E-state index is 12.2. The molecule has 5 heteroatoms. The summed E-state index contributed by atoms with van der Waals surface area (Å²) < 4.78 is 5.29. The third kappa shape index (κ3) is 4.47. The minimum Gasteiger partial charge on any atom is -0.464 e. The lowest BCUT2D eigenvalue weighted by Gasteiger charge is -2.08. The fraction of sp³-hybridized carbons (Fsp3) is 0.200. The van der Waals surface area contributed by atoms with E-state index in [1.54, 1.807) is 24.5 Å². The van der Waals surface area contributed by atoms with Crippen molar-refractivity contribution in [3.05, 3.63) is 72.0 Å². The quantitative estimate of drug-likeness (QED) is 0.652. The molecule has 0 fully saturated rings. The van der Waals surface area contributed by atoms with Gasteiger partial charge in [0.2, 0.25) is 5.91 Å². The number of carbonyl (C=O) groups is 2. The van der Waals surface area contributed by atoms with E-state index in [9.17, 15) is 9.59 Å². The van der Waals surface area contributed by atoms with Crippen LogP contribution in [-0.2, 0) is 11.2 Å². The highest BCUT2D eigenvalue weighted by atomic mass is 16.3. The van der Waals surface area contributed by atoms with E-state index in [4.69, 9.17) is 4.42 Å². The van der Waals surface area contributed by atoms with Gasteiger partial charge in [0.15, 0.2) is 0 Å². The first-order valence-electron chi connectivity index (χ1n) is 8.29. The SMILES string of the molecule is O=C(CCc1ccccc1)NCCNC(=O)c1cccc2occc12. The highest BCUT2D eigenvalue weighted by Crippen LogP contribution is 2.19. The molecule has 3 aromatic rings. The van der Waals surface area contributed by atoms with Gasteiger partial charge in [-0.15, -0.1) is 0 Å². The zero-order valence-electron chi connectivity index (χ0n) is 13.8. The van der Waals surface area contributed by atoms with Crippen molar-refractivity contribution in [2.45, 2.75) is 12.8 Å². The molecule has 0 atom stereocenters. The van der Waals surface area contributed by atoms with Gasteiger partial charge in [0.05, 0.1) is 11.8 Å². The van der Waals surface area contributed by atoms with Crippen LogP contribution in [0.25, 0.3) is 11.0 Å². The van der Waals surface area contributed by atoms with Gasteiger partial charge in [-0.1, -0.05) is 36.4 Å². The van der Waals surface area contributed by atoms with Gasteiger partial charge in [0.25, 0.3) is 5.91 Å². The Balaban J connectivity index is 1.40. The summed E-state index contributed by atoms with van der Waals surface area (Å²) in [6.07, 6.45) is 2.71. The van der Waals surface area contributed by atoms with Crippen LogP contribution in [0.15, 0.2) is 65.3 Å². The molecule has 0 aliphatic carbocycles. The lowest BCUT2D eigenvalue weighted by molar-refractivity contribution is -0.121. The summed E-state index contributed by atoms with van der Waals surface area (Å²) >= 11 is 0. The van der Waals surface area contributed by atoms with Crippen molar-refractivity contribution < 1.29 is 14.0 Å². The first-order valence-corrected chi connectivity index (χ1v) is 8.29. The topological polar surface area (TPSA) is 71.3 Å². The zero-order chi connectivity index (χ0) is 17.5. The molecule has 0 bridgehead atoms. The van der Waals surface area contributed by atoms with E-state index in [0.29, 0.717) is 37.1 Å². The predicted octanol–water partition coefficient (Wildman–Crippen LogP) is 2.91. The largest absolute Gasteiger partial charge is 0.464 e. The van der Waals surface area contributed by atoms with Crippen molar-refractivity contribution in [1.29, 1.82) is 0 Å². The fourth-order valence-corrected chi connectivity index (χ4v) is 2.66. The second-order valence-corrected chi connectivity index (χ2v) is 5.73. The van der Waals surface area contributed by atoms with Gasteiger partial charge in [-0.2, -0.15) is 0 Å². The van der Waals surface area contributed by atoms with E-state index >= 15 is 0 Å². The van der Waals surface area contributed by atoms with Crippen LogP contribution in [0.3, 0.4) is 0 Å². The lowest BCUT2D eigenvalue weighted by Crippen LogP contribution is -2.34. The van der Waals surface area contributed by atoms with Crippen LogP contribution in [0.1, 0.15) is 22.3 Å². The van der Waals surface area contributed by atoms with E-state index in [2.05, 4.69) is 10.6 Å². The molecule has 1 heterocycles. The number of nitrogens with one attached hydrogen (secondary N) is 2. The first-order chi connectivity index (χ1) is 12.2. The molecule has 3 rings (SSSR count). The molecule has 0 saturated carbocycles. The maximum absolute atomic E-state index is 12.2. The Morgan fingerprint density at radius 1 is 0.880 bits per heavy atom. The van der Waals surface area contributed by atoms with Gasteiger partial charge in [0, 0.05) is 24.9 Å². The molecule has 2 amide bonds. The zero-order valence-corrected chi connectivity index (χ0v) is 13.8. The molecule has 5 nitrogen and oxygen atoms in total. The molecule has 0 aliphatic rings. The van der Waals surface area contributed by atoms with Crippen molar-refractivity contribution >= 4 is 22.8 Å². The van der Waals surface area contributed by atoms with Gasteiger partial charge in [-0.05, 0) is 30.2 Å². The summed E-state index contributed by atoms with van der Waals surface area (Å²) in [6, 6.07) is 17.0. The smallest absolute Gasteiger partial charge is 0.252 e. The molecule has 0 unspecified atom stereocenters. The normalized spacial score (nSPS) is 10.6. The molecule has 0 spiro atoms. The Labute approximate surface area is 146 Å². The highest BCUT2D eigenvalue weighted by molar-refractivity contribution is 6.05. The third-order valence-corrected chi connectivity index (χ3v) is 3.96. The van der Waals surface area contributed by atoms with Gasteiger partial charge in [0.1, 0.15) is 5.58 Å². The highest BCUT2D eigenvalue weighted by Gasteiger charge is 2.10. The molecule has 2 N–H and O–H groups in total. The average Bonchev–Trinajstić information content (AvgIpc) is 3.13. The minimum absolute atomic E-state index is 0.0185. The Morgan fingerprint density at radius 2 is 1.68 bits per heavy atom. The van der Waals surface area contributed by atoms with E-state index in [-0.39, 0.29) is 11.8 Å². The number of furan rings is 1. The van der Waals surface area contributed by atoms with E-state index in [0.717, 1.165) is 10.9 Å². The second-order valence-electron chi connectivity index (χ2n) is 5.73. The molecular formula is C20H20N2O3. The number of rotatable bonds is 7. The lowest BCUT2D eigenvalue weighted by atomic mass is 10.1. The van der Waals surface area contributed by atoms with Crippen LogP contribution in [0.4, 0.5) is 0 Å². The van der Waals surface area contributed by atoms with Crippen LogP contribution < -0.4 is 10.6 Å². The Morgan fingerprint density at radius 3 is 2.52 bits per heavy atom. The molecule has 0 aliphatic heterocycles. The summed E-state index contributed by atoms with van der Waals surface area (Å²) in [7, 11) is 0. The van der Waals surface area contributed by atoms with Crippen LogP contribution >= 0.6 is 0 Å². The number of amides is 2. The monoisotopic (exact) mass is 336 g/mol. The standard InChI is InChI=1S/C20H20N2O3/c23-19(10-9-15-5-2-1-3-6-15)21-12-13-22-20(24)17-7-4-8-18-16(17)11-14-25-18/h1-8,11,14H,9-10,12-13H2,(H,21,23)(H,22,24).